The average molecular weight is 546 g/mol. The molecule has 0 saturated heterocycles. The summed E-state index contributed by atoms with van der Waals surface area (Å²) in [6, 6.07) is 16.3. The predicted molar refractivity (Wildman–Crippen MR) is 158 cm³/mol. The standard InChI is InChI=1S/C31H32ClN3O2S/c1-8-23-22-14-11-20(16-25(22)35(7)34-23)30-33-24-15-17(2)26(28(18(3)36)37-31(4,5)6)27(29(24)38-30)19-9-12-21(32)13-10-19/h9-16,28H,8H2,1-7H3/t28-/m1/s1. The number of fused-ring (bicyclic) bond motifs is 2. The van der Waals surface area contributed by atoms with Crippen LogP contribution in [0.3, 0.4) is 0 Å². The summed E-state index contributed by atoms with van der Waals surface area (Å²) in [7, 11) is 1.98. The van der Waals surface area contributed by atoms with Crippen LogP contribution in [0.1, 0.15) is 57.5 Å². The number of Topliss-reactive ketones (excluding diaryl/α,β-unsaturated/α-hetero) is 1. The summed E-state index contributed by atoms with van der Waals surface area (Å²) in [4.78, 5) is 18.1. The Morgan fingerprint density at radius 1 is 1.11 bits per heavy atom. The molecule has 196 valence electrons. The minimum atomic E-state index is -0.700. The van der Waals surface area contributed by atoms with Gasteiger partial charge in [0.2, 0.25) is 0 Å². The van der Waals surface area contributed by atoms with Gasteiger partial charge in [0.05, 0.1) is 27.0 Å². The molecule has 38 heavy (non-hydrogen) atoms. The summed E-state index contributed by atoms with van der Waals surface area (Å²) in [5.41, 5.74) is 7.43. The molecule has 0 bridgehead atoms. The van der Waals surface area contributed by atoms with Gasteiger partial charge >= 0.3 is 0 Å². The smallest absolute Gasteiger partial charge is 0.163 e. The van der Waals surface area contributed by atoms with Crippen molar-refractivity contribution in [2.24, 2.45) is 7.05 Å². The maximum absolute atomic E-state index is 13.0. The number of nitrogens with zero attached hydrogens (tertiary/aromatic N) is 3. The van der Waals surface area contributed by atoms with Gasteiger partial charge in [-0.1, -0.05) is 42.8 Å². The molecule has 5 nitrogen and oxygen atoms in total. The minimum Gasteiger partial charge on any atom is -0.360 e. The Bertz CT molecular complexity index is 1680. The van der Waals surface area contributed by atoms with Crippen molar-refractivity contribution in [2.75, 3.05) is 0 Å². The van der Waals surface area contributed by atoms with Crippen LogP contribution >= 0.6 is 22.9 Å². The van der Waals surface area contributed by atoms with Crippen LogP contribution in [-0.4, -0.2) is 26.1 Å². The number of ether oxygens (including phenoxy) is 1. The van der Waals surface area contributed by atoms with Gasteiger partial charge in [-0.25, -0.2) is 4.98 Å². The van der Waals surface area contributed by atoms with Crippen molar-refractivity contribution in [2.45, 2.75) is 59.7 Å². The van der Waals surface area contributed by atoms with E-state index in [1.807, 2.05) is 63.7 Å². The summed E-state index contributed by atoms with van der Waals surface area (Å²) in [5, 5.41) is 7.43. The second kappa shape index (κ2) is 9.92. The van der Waals surface area contributed by atoms with Crippen LogP contribution in [0, 0.1) is 6.92 Å². The van der Waals surface area contributed by atoms with Gasteiger partial charge in [-0.2, -0.15) is 5.10 Å². The van der Waals surface area contributed by atoms with Crippen molar-refractivity contribution in [1.29, 1.82) is 0 Å². The Morgan fingerprint density at radius 3 is 2.42 bits per heavy atom. The van der Waals surface area contributed by atoms with Gasteiger partial charge in [0.25, 0.3) is 0 Å². The molecular weight excluding hydrogens is 514 g/mol. The van der Waals surface area contributed by atoms with E-state index in [0.29, 0.717) is 5.02 Å². The van der Waals surface area contributed by atoms with Gasteiger partial charge in [-0.15, -0.1) is 11.3 Å². The molecule has 0 amide bonds. The second-order valence-corrected chi connectivity index (χ2v) is 12.2. The van der Waals surface area contributed by atoms with Crippen LogP contribution < -0.4 is 0 Å². The van der Waals surface area contributed by atoms with E-state index >= 15 is 0 Å². The number of thiazole rings is 1. The Morgan fingerprint density at radius 2 is 1.79 bits per heavy atom. The molecule has 2 heterocycles. The van der Waals surface area contributed by atoms with Crippen LogP contribution in [0.2, 0.25) is 5.02 Å². The minimum absolute atomic E-state index is 0.0317. The predicted octanol–water partition coefficient (Wildman–Crippen LogP) is 8.49. The number of carbonyl (C=O) groups is 1. The van der Waals surface area contributed by atoms with Crippen molar-refractivity contribution in [1.82, 2.24) is 14.8 Å². The molecular formula is C31H32ClN3O2S. The van der Waals surface area contributed by atoms with Crippen molar-refractivity contribution < 1.29 is 9.53 Å². The number of ketones is 1. The summed E-state index contributed by atoms with van der Waals surface area (Å²) >= 11 is 7.88. The lowest BCUT2D eigenvalue weighted by atomic mass is 9.90. The van der Waals surface area contributed by atoms with Crippen molar-refractivity contribution in [3.8, 4) is 21.7 Å². The van der Waals surface area contributed by atoms with E-state index in [1.165, 1.54) is 5.39 Å². The largest absolute Gasteiger partial charge is 0.360 e. The lowest BCUT2D eigenvalue weighted by Crippen LogP contribution is -2.27. The SMILES string of the molecule is CCc1nn(C)c2cc(-c3nc4cc(C)c([C@H](OC(C)(C)C)C(C)=O)c(-c5ccc(Cl)cc5)c4s3)ccc12. The van der Waals surface area contributed by atoms with E-state index in [9.17, 15) is 4.79 Å². The first-order chi connectivity index (χ1) is 18.0. The highest BCUT2D eigenvalue weighted by Crippen LogP contribution is 2.44. The molecule has 0 aliphatic heterocycles. The lowest BCUT2D eigenvalue weighted by molar-refractivity contribution is -0.138. The first-order valence-corrected chi connectivity index (χ1v) is 14.0. The lowest BCUT2D eigenvalue weighted by Gasteiger charge is -2.29. The van der Waals surface area contributed by atoms with E-state index in [2.05, 4.69) is 36.3 Å². The zero-order valence-corrected chi connectivity index (χ0v) is 24.4. The highest BCUT2D eigenvalue weighted by atomic mass is 35.5. The van der Waals surface area contributed by atoms with Gasteiger partial charge in [0.1, 0.15) is 11.1 Å². The van der Waals surface area contributed by atoms with Crippen LogP contribution in [-0.2, 0) is 23.0 Å². The Balaban J connectivity index is 1.77. The molecule has 7 heteroatoms. The van der Waals surface area contributed by atoms with Crippen LogP contribution in [0.4, 0.5) is 0 Å². The number of hydrogen-bond donors (Lipinski definition) is 0. The average Bonchev–Trinajstić information content (AvgIpc) is 3.42. The molecule has 0 aliphatic carbocycles. The molecule has 0 aliphatic rings. The molecule has 5 rings (SSSR count). The van der Waals surface area contributed by atoms with E-state index < -0.39 is 11.7 Å². The first kappa shape index (κ1) is 26.5. The number of aryl methyl sites for hydroxylation is 3. The molecule has 0 radical (unpaired) electrons. The number of carbonyl (C=O) groups excluding carboxylic acids is 1. The topological polar surface area (TPSA) is 57.0 Å². The van der Waals surface area contributed by atoms with Crippen molar-refractivity contribution >= 4 is 49.8 Å². The van der Waals surface area contributed by atoms with E-state index in [-0.39, 0.29) is 5.78 Å². The fourth-order valence-corrected chi connectivity index (χ4v) is 6.25. The zero-order chi connectivity index (χ0) is 27.4. The number of rotatable bonds is 6. The monoisotopic (exact) mass is 545 g/mol. The quantitative estimate of drug-likeness (QED) is 0.214. The van der Waals surface area contributed by atoms with E-state index in [4.69, 9.17) is 21.3 Å². The number of hydrogen-bond acceptors (Lipinski definition) is 5. The molecule has 0 fully saturated rings. The number of benzene rings is 3. The van der Waals surface area contributed by atoms with Gasteiger partial charge < -0.3 is 4.74 Å². The van der Waals surface area contributed by atoms with Crippen molar-refractivity contribution in [3.63, 3.8) is 0 Å². The fraction of sp³-hybridized carbons (Fsp3) is 0.323. The van der Waals surface area contributed by atoms with Gasteiger partial charge in [0, 0.05) is 34.1 Å². The van der Waals surface area contributed by atoms with E-state index in [1.54, 1.807) is 18.3 Å². The fourth-order valence-electron chi connectivity index (χ4n) is 5.00. The maximum Gasteiger partial charge on any atom is 0.163 e. The highest BCUT2D eigenvalue weighted by molar-refractivity contribution is 7.22. The molecule has 0 N–H and O–H groups in total. The van der Waals surface area contributed by atoms with Crippen molar-refractivity contribution in [3.05, 3.63) is 70.4 Å². The van der Waals surface area contributed by atoms with Gasteiger partial charge in [0.15, 0.2) is 5.78 Å². The molecule has 1 atom stereocenters. The van der Waals surface area contributed by atoms with Gasteiger partial charge in [-0.3, -0.25) is 9.48 Å². The molecule has 0 unspecified atom stereocenters. The maximum atomic E-state index is 13.0. The highest BCUT2D eigenvalue weighted by Gasteiger charge is 2.30. The van der Waals surface area contributed by atoms with E-state index in [0.717, 1.165) is 60.7 Å². The van der Waals surface area contributed by atoms with Gasteiger partial charge in [-0.05, 0) is 76.4 Å². The molecule has 2 aromatic heterocycles. The van der Waals surface area contributed by atoms with Crippen LogP contribution in [0.5, 0.6) is 0 Å². The Hall–Kier alpha value is -3.06. The zero-order valence-electron chi connectivity index (χ0n) is 22.8. The third-order valence-corrected chi connectivity index (χ3v) is 8.06. The Kier molecular flexibility index (Phi) is 6.93. The molecule has 0 saturated carbocycles. The molecule has 3 aromatic carbocycles. The van der Waals surface area contributed by atoms with Crippen LogP contribution in [0.25, 0.3) is 42.8 Å². The number of halogens is 1. The summed E-state index contributed by atoms with van der Waals surface area (Å²) in [5.74, 6) is -0.0317. The second-order valence-electron chi connectivity index (χ2n) is 10.7. The van der Waals surface area contributed by atoms with Crippen LogP contribution in [0.15, 0.2) is 48.5 Å². The summed E-state index contributed by atoms with van der Waals surface area (Å²) < 4.78 is 9.32. The number of aromatic nitrogens is 3. The first-order valence-electron chi connectivity index (χ1n) is 12.8. The third kappa shape index (κ3) is 4.89. The third-order valence-electron chi connectivity index (χ3n) is 6.67. The summed E-state index contributed by atoms with van der Waals surface area (Å²) in [6.45, 7) is 11.7. The normalized spacial score (nSPS) is 12.9. The summed E-state index contributed by atoms with van der Waals surface area (Å²) in [6.07, 6.45) is 0.187. The Labute approximate surface area is 232 Å². The molecule has 5 aromatic rings. The molecule has 0 spiro atoms.